The second kappa shape index (κ2) is 5.35. The van der Waals surface area contributed by atoms with Gasteiger partial charge in [-0.3, -0.25) is 9.59 Å². The SMILES string of the molecule is O=C1C(=C(c2ccccc2)c2ccccc2)C(=O)C1(Br)Br. The van der Waals surface area contributed by atoms with E-state index in [2.05, 4.69) is 31.9 Å². The molecule has 1 saturated carbocycles. The third-order valence-electron chi connectivity index (χ3n) is 3.40. The van der Waals surface area contributed by atoms with E-state index in [0.717, 1.165) is 11.1 Å². The number of ketones is 2. The first-order chi connectivity index (χ1) is 10.0. The first-order valence-corrected chi connectivity index (χ1v) is 7.94. The number of hydrogen-bond donors (Lipinski definition) is 0. The lowest BCUT2D eigenvalue weighted by Gasteiger charge is -2.31. The predicted molar refractivity (Wildman–Crippen MR) is 89.5 cm³/mol. The van der Waals surface area contributed by atoms with Crippen LogP contribution in [-0.4, -0.2) is 14.8 Å². The van der Waals surface area contributed by atoms with Gasteiger partial charge in [-0.15, -0.1) is 0 Å². The van der Waals surface area contributed by atoms with E-state index in [1.807, 2.05) is 60.7 Å². The maximum absolute atomic E-state index is 12.3. The van der Waals surface area contributed by atoms with E-state index < -0.39 is 3.23 Å². The quantitative estimate of drug-likeness (QED) is 0.326. The molecule has 2 aromatic carbocycles. The third-order valence-corrected chi connectivity index (χ3v) is 4.84. The molecule has 21 heavy (non-hydrogen) atoms. The average molecular weight is 406 g/mol. The second-order valence-corrected chi connectivity index (χ2v) is 8.16. The molecule has 3 rings (SSSR count). The summed E-state index contributed by atoms with van der Waals surface area (Å²) in [6.07, 6.45) is 0. The fourth-order valence-corrected chi connectivity index (χ4v) is 3.14. The number of halogens is 2. The van der Waals surface area contributed by atoms with Gasteiger partial charge in [0.15, 0.2) is 0 Å². The number of carbonyl (C=O) groups is 2. The highest BCUT2D eigenvalue weighted by Crippen LogP contribution is 2.46. The average Bonchev–Trinajstić information content (AvgIpc) is 2.53. The van der Waals surface area contributed by atoms with Crippen molar-refractivity contribution in [1.29, 1.82) is 0 Å². The van der Waals surface area contributed by atoms with Gasteiger partial charge < -0.3 is 0 Å². The summed E-state index contributed by atoms with van der Waals surface area (Å²) in [4.78, 5) is 24.6. The summed E-state index contributed by atoms with van der Waals surface area (Å²) in [6.45, 7) is 0. The molecule has 104 valence electrons. The number of alkyl halides is 2. The van der Waals surface area contributed by atoms with Gasteiger partial charge in [0, 0.05) is 5.57 Å². The third kappa shape index (κ3) is 2.32. The van der Waals surface area contributed by atoms with Gasteiger partial charge in [0.25, 0.3) is 0 Å². The minimum Gasteiger partial charge on any atom is -0.291 e. The van der Waals surface area contributed by atoms with Crippen molar-refractivity contribution < 1.29 is 9.59 Å². The van der Waals surface area contributed by atoms with E-state index >= 15 is 0 Å². The molecule has 2 aromatic rings. The smallest absolute Gasteiger partial charge is 0.205 e. The van der Waals surface area contributed by atoms with Crippen LogP contribution < -0.4 is 0 Å². The number of allylic oxidation sites excluding steroid dienone is 1. The van der Waals surface area contributed by atoms with Crippen LogP contribution in [0.5, 0.6) is 0 Å². The minimum absolute atomic E-state index is 0.237. The predicted octanol–water partition coefficient (Wildman–Crippen LogP) is 4.13. The van der Waals surface area contributed by atoms with Crippen LogP contribution >= 0.6 is 31.9 Å². The minimum atomic E-state index is -1.26. The van der Waals surface area contributed by atoms with Crippen molar-refractivity contribution in [2.45, 2.75) is 3.23 Å². The fraction of sp³-hybridized carbons (Fsp3) is 0.0588. The van der Waals surface area contributed by atoms with Crippen molar-refractivity contribution in [3.05, 3.63) is 77.4 Å². The number of benzene rings is 2. The zero-order valence-electron chi connectivity index (χ0n) is 10.8. The lowest BCUT2D eigenvalue weighted by molar-refractivity contribution is -0.130. The van der Waals surface area contributed by atoms with Gasteiger partial charge >= 0.3 is 0 Å². The Morgan fingerprint density at radius 2 is 1.10 bits per heavy atom. The van der Waals surface area contributed by atoms with Crippen molar-refractivity contribution >= 4 is 49.0 Å². The van der Waals surface area contributed by atoms with Crippen molar-refractivity contribution in [3.8, 4) is 0 Å². The molecule has 0 spiro atoms. The van der Waals surface area contributed by atoms with Crippen molar-refractivity contribution in [1.82, 2.24) is 0 Å². The normalized spacial score (nSPS) is 16.6. The summed E-state index contributed by atoms with van der Waals surface area (Å²) in [7, 11) is 0. The van der Waals surface area contributed by atoms with Gasteiger partial charge in [-0.1, -0.05) is 92.5 Å². The van der Waals surface area contributed by atoms with Crippen LogP contribution in [0.3, 0.4) is 0 Å². The Morgan fingerprint density at radius 1 is 0.714 bits per heavy atom. The van der Waals surface area contributed by atoms with Crippen molar-refractivity contribution in [2.75, 3.05) is 0 Å². The zero-order chi connectivity index (χ0) is 15.0. The van der Waals surface area contributed by atoms with Crippen molar-refractivity contribution in [2.24, 2.45) is 0 Å². The van der Waals surface area contributed by atoms with Crippen LogP contribution in [0.4, 0.5) is 0 Å². The van der Waals surface area contributed by atoms with Gasteiger partial charge in [-0.05, 0) is 11.1 Å². The Morgan fingerprint density at radius 3 is 1.48 bits per heavy atom. The molecule has 0 radical (unpaired) electrons. The maximum atomic E-state index is 12.3. The maximum Gasteiger partial charge on any atom is 0.205 e. The molecule has 0 aliphatic heterocycles. The molecule has 0 amide bonds. The molecule has 0 aromatic heterocycles. The number of carbonyl (C=O) groups excluding carboxylic acids is 2. The molecule has 1 aliphatic carbocycles. The van der Waals surface area contributed by atoms with E-state index in [4.69, 9.17) is 0 Å². The molecule has 0 unspecified atom stereocenters. The van der Waals surface area contributed by atoms with Gasteiger partial charge in [-0.25, -0.2) is 0 Å². The van der Waals surface area contributed by atoms with E-state index in [1.165, 1.54) is 0 Å². The van der Waals surface area contributed by atoms with Crippen LogP contribution in [0.15, 0.2) is 66.2 Å². The Balaban J connectivity index is 2.25. The van der Waals surface area contributed by atoms with Crippen molar-refractivity contribution in [3.63, 3.8) is 0 Å². The number of Topliss-reactive ketones (excluding diaryl/α,β-unsaturated/α-hetero) is 2. The molecule has 1 fully saturated rings. The summed E-state index contributed by atoms with van der Waals surface area (Å²) in [6, 6.07) is 19.0. The van der Waals surface area contributed by atoms with Crippen LogP contribution in [0.2, 0.25) is 0 Å². The van der Waals surface area contributed by atoms with Crippen LogP contribution in [0.1, 0.15) is 11.1 Å². The highest BCUT2D eigenvalue weighted by Gasteiger charge is 2.57. The molecular formula is C17H10Br2O2. The summed E-state index contributed by atoms with van der Waals surface area (Å²) >= 11 is 6.26. The van der Waals surface area contributed by atoms with Gasteiger partial charge in [0.05, 0.1) is 5.57 Å². The molecule has 0 saturated heterocycles. The van der Waals surface area contributed by atoms with Gasteiger partial charge in [0.2, 0.25) is 14.8 Å². The monoisotopic (exact) mass is 404 g/mol. The molecule has 4 heteroatoms. The summed E-state index contributed by atoms with van der Waals surface area (Å²) in [5, 5.41) is 0. The first-order valence-electron chi connectivity index (χ1n) is 6.36. The van der Waals surface area contributed by atoms with Gasteiger partial charge in [0.1, 0.15) is 0 Å². The summed E-state index contributed by atoms with van der Waals surface area (Å²) < 4.78 is -1.26. The summed E-state index contributed by atoms with van der Waals surface area (Å²) in [5.41, 5.74) is 2.63. The largest absolute Gasteiger partial charge is 0.291 e. The highest BCUT2D eigenvalue weighted by atomic mass is 79.9. The van der Waals surface area contributed by atoms with E-state index in [1.54, 1.807) is 0 Å². The number of hydrogen-bond acceptors (Lipinski definition) is 2. The standard InChI is InChI=1S/C17H10Br2O2/c18-17(19)15(20)14(16(17)21)13(11-7-3-1-4-8-11)12-9-5-2-6-10-12/h1-10H. The molecular weight excluding hydrogens is 396 g/mol. The Bertz CT molecular complexity index is 685. The topological polar surface area (TPSA) is 34.1 Å². The summed E-state index contributed by atoms with van der Waals surface area (Å²) in [5.74, 6) is -0.481. The zero-order valence-corrected chi connectivity index (χ0v) is 14.0. The number of rotatable bonds is 2. The molecule has 0 atom stereocenters. The molecule has 0 bridgehead atoms. The molecule has 2 nitrogen and oxygen atoms in total. The Kier molecular flexibility index (Phi) is 3.68. The first kappa shape index (κ1) is 14.4. The van der Waals surface area contributed by atoms with Gasteiger partial charge in [-0.2, -0.15) is 0 Å². The second-order valence-electron chi connectivity index (χ2n) is 4.71. The Labute approximate surface area is 139 Å². The van der Waals surface area contributed by atoms with E-state index in [9.17, 15) is 9.59 Å². The Hall–Kier alpha value is -1.52. The molecule has 0 heterocycles. The highest BCUT2D eigenvalue weighted by molar-refractivity contribution is 9.26. The van der Waals surface area contributed by atoms with E-state index in [0.29, 0.717) is 5.57 Å². The van der Waals surface area contributed by atoms with Crippen LogP contribution in [0.25, 0.3) is 5.57 Å². The van der Waals surface area contributed by atoms with Crippen LogP contribution in [-0.2, 0) is 9.59 Å². The van der Waals surface area contributed by atoms with E-state index in [-0.39, 0.29) is 17.1 Å². The molecule has 0 N–H and O–H groups in total. The molecule has 1 aliphatic rings. The lowest BCUT2D eigenvalue weighted by atomic mass is 9.80. The van der Waals surface area contributed by atoms with Crippen LogP contribution in [0, 0.1) is 0 Å². The lowest BCUT2D eigenvalue weighted by Crippen LogP contribution is -2.50. The fourth-order valence-electron chi connectivity index (χ4n) is 2.35.